The molecule has 0 aromatic rings. The van der Waals surface area contributed by atoms with Crippen LogP contribution in [0.4, 0.5) is 0 Å². The van der Waals surface area contributed by atoms with Gasteiger partial charge in [-0.2, -0.15) is 0 Å². The molecule has 0 spiro atoms. The zero-order valence-corrected chi connectivity index (χ0v) is 15.6. The maximum atomic E-state index is 11.5. The summed E-state index contributed by atoms with van der Waals surface area (Å²) in [5.41, 5.74) is 0. The fourth-order valence-electron chi connectivity index (χ4n) is 2.35. The van der Waals surface area contributed by atoms with Crippen molar-refractivity contribution in [3.8, 4) is 0 Å². The van der Waals surface area contributed by atoms with Crippen LogP contribution in [0.3, 0.4) is 0 Å². The molecule has 0 saturated carbocycles. The van der Waals surface area contributed by atoms with Crippen LogP contribution in [-0.2, 0) is 9.53 Å². The van der Waals surface area contributed by atoms with Gasteiger partial charge in [-0.1, -0.05) is 57.6 Å². The van der Waals surface area contributed by atoms with Crippen molar-refractivity contribution in [3.05, 3.63) is 12.2 Å². The Balaban J connectivity index is 3.30. The Morgan fingerprint density at radius 2 is 1.43 bits per heavy atom. The smallest absolute Gasteiger partial charge is 0.306 e. The van der Waals surface area contributed by atoms with E-state index in [-0.39, 0.29) is 5.97 Å². The van der Waals surface area contributed by atoms with Crippen molar-refractivity contribution in [2.45, 2.75) is 110 Å². The molecule has 136 valence electrons. The van der Waals surface area contributed by atoms with Crippen molar-refractivity contribution in [1.82, 2.24) is 0 Å². The zero-order valence-electron chi connectivity index (χ0n) is 15.6. The van der Waals surface area contributed by atoms with Gasteiger partial charge in [-0.15, -0.1) is 0 Å². The number of esters is 1. The van der Waals surface area contributed by atoms with Gasteiger partial charge < -0.3 is 9.84 Å². The van der Waals surface area contributed by atoms with E-state index in [1.165, 1.54) is 57.8 Å². The van der Waals surface area contributed by atoms with Crippen molar-refractivity contribution >= 4 is 5.97 Å². The average molecular weight is 327 g/mol. The standard InChI is InChI=1S/C20H38O3/c1-4-5-6-7-8-9-10-11-12-13-14-15-16-17-20(22)23-19(3)18(2)21/h9-10,18-19,21H,4-8,11-17H2,1-3H3/b10-9-. The maximum absolute atomic E-state index is 11.5. The molecule has 2 atom stereocenters. The van der Waals surface area contributed by atoms with Crippen LogP contribution < -0.4 is 0 Å². The first-order valence-corrected chi connectivity index (χ1v) is 9.60. The van der Waals surface area contributed by atoms with Gasteiger partial charge in [0, 0.05) is 6.42 Å². The van der Waals surface area contributed by atoms with Gasteiger partial charge in [-0.05, 0) is 46.0 Å². The van der Waals surface area contributed by atoms with Gasteiger partial charge in [0.05, 0.1) is 6.10 Å². The van der Waals surface area contributed by atoms with E-state index in [2.05, 4.69) is 19.1 Å². The van der Waals surface area contributed by atoms with Crippen molar-refractivity contribution in [2.24, 2.45) is 0 Å². The SMILES string of the molecule is CCCCCC/C=C\CCCCCCCC(=O)OC(C)C(C)O. The van der Waals surface area contributed by atoms with E-state index in [0.29, 0.717) is 6.42 Å². The minimum absolute atomic E-state index is 0.190. The number of rotatable bonds is 15. The number of aliphatic hydroxyl groups is 1. The van der Waals surface area contributed by atoms with Gasteiger partial charge in [0.25, 0.3) is 0 Å². The normalized spacial score (nSPS) is 14.1. The van der Waals surface area contributed by atoms with E-state index >= 15 is 0 Å². The van der Waals surface area contributed by atoms with E-state index in [1.54, 1.807) is 13.8 Å². The number of hydrogen-bond donors (Lipinski definition) is 1. The number of hydrogen-bond acceptors (Lipinski definition) is 3. The summed E-state index contributed by atoms with van der Waals surface area (Å²) in [4.78, 5) is 11.5. The molecule has 0 aliphatic carbocycles. The monoisotopic (exact) mass is 326 g/mol. The number of unbranched alkanes of at least 4 members (excludes halogenated alkanes) is 9. The molecule has 0 aliphatic rings. The zero-order chi connectivity index (χ0) is 17.3. The molecule has 0 aliphatic heterocycles. The fourth-order valence-corrected chi connectivity index (χ4v) is 2.35. The molecule has 0 aromatic heterocycles. The highest BCUT2D eigenvalue weighted by molar-refractivity contribution is 5.69. The third-order valence-corrected chi connectivity index (χ3v) is 4.14. The van der Waals surface area contributed by atoms with E-state index in [1.807, 2.05) is 0 Å². The van der Waals surface area contributed by atoms with Crippen molar-refractivity contribution in [3.63, 3.8) is 0 Å². The van der Waals surface area contributed by atoms with Crippen LogP contribution in [0.1, 0.15) is 97.8 Å². The first-order valence-electron chi connectivity index (χ1n) is 9.60. The number of ether oxygens (including phenoxy) is 1. The largest absolute Gasteiger partial charge is 0.460 e. The lowest BCUT2D eigenvalue weighted by Gasteiger charge is -2.15. The lowest BCUT2D eigenvalue weighted by atomic mass is 10.1. The Bertz CT molecular complexity index is 297. The Hall–Kier alpha value is -0.830. The van der Waals surface area contributed by atoms with Crippen LogP contribution in [0, 0.1) is 0 Å². The fraction of sp³-hybridized carbons (Fsp3) is 0.850. The van der Waals surface area contributed by atoms with Crippen molar-refractivity contribution in [1.29, 1.82) is 0 Å². The summed E-state index contributed by atoms with van der Waals surface area (Å²) in [7, 11) is 0. The molecule has 3 nitrogen and oxygen atoms in total. The highest BCUT2D eigenvalue weighted by atomic mass is 16.6. The Morgan fingerprint density at radius 3 is 2.00 bits per heavy atom. The second-order valence-corrected chi connectivity index (χ2v) is 6.56. The first-order chi connectivity index (χ1) is 11.1. The van der Waals surface area contributed by atoms with Crippen LogP contribution in [0.2, 0.25) is 0 Å². The van der Waals surface area contributed by atoms with Gasteiger partial charge in [0.1, 0.15) is 6.10 Å². The number of carbonyl (C=O) groups is 1. The predicted octanol–water partition coefficient (Wildman–Crippen LogP) is 5.56. The molecular weight excluding hydrogens is 288 g/mol. The summed E-state index contributed by atoms with van der Waals surface area (Å²) in [6, 6.07) is 0. The van der Waals surface area contributed by atoms with Gasteiger partial charge in [0.15, 0.2) is 0 Å². The van der Waals surface area contributed by atoms with Gasteiger partial charge in [-0.3, -0.25) is 4.79 Å². The summed E-state index contributed by atoms with van der Waals surface area (Å²) in [5, 5.41) is 9.27. The molecule has 0 fully saturated rings. The molecule has 0 bridgehead atoms. The van der Waals surface area contributed by atoms with Crippen LogP contribution >= 0.6 is 0 Å². The van der Waals surface area contributed by atoms with Gasteiger partial charge in [0.2, 0.25) is 0 Å². The van der Waals surface area contributed by atoms with Gasteiger partial charge in [-0.25, -0.2) is 0 Å². The third-order valence-electron chi connectivity index (χ3n) is 4.14. The summed E-state index contributed by atoms with van der Waals surface area (Å²) in [6.07, 6.45) is 17.5. The molecule has 0 heterocycles. The quantitative estimate of drug-likeness (QED) is 0.243. The molecule has 0 radical (unpaired) electrons. The molecule has 2 unspecified atom stereocenters. The summed E-state index contributed by atoms with van der Waals surface area (Å²) in [5.74, 6) is -0.190. The van der Waals surface area contributed by atoms with Crippen LogP contribution in [0.15, 0.2) is 12.2 Å². The van der Waals surface area contributed by atoms with Crippen LogP contribution in [0.25, 0.3) is 0 Å². The second-order valence-electron chi connectivity index (χ2n) is 6.56. The van der Waals surface area contributed by atoms with E-state index in [9.17, 15) is 9.90 Å². The number of carbonyl (C=O) groups excluding carboxylic acids is 1. The predicted molar refractivity (Wildman–Crippen MR) is 97.5 cm³/mol. The average Bonchev–Trinajstić information content (AvgIpc) is 2.51. The van der Waals surface area contributed by atoms with Crippen molar-refractivity contribution < 1.29 is 14.6 Å². The number of aliphatic hydroxyl groups excluding tert-OH is 1. The third kappa shape index (κ3) is 15.8. The number of allylic oxidation sites excluding steroid dienone is 2. The Kier molecular flexibility index (Phi) is 15.5. The lowest BCUT2D eigenvalue weighted by Crippen LogP contribution is -2.25. The minimum atomic E-state index is -0.598. The first kappa shape index (κ1) is 22.2. The van der Waals surface area contributed by atoms with Crippen LogP contribution in [-0.4, -0.2) is 23.3 Å². The highest BCUT2D eigenvalue weighted by Crippen LogP contribution is 2.10. The molecule has 3 heteroatoms. The molecule has 0 amide bonds. The molecule has 1 N–H and O–H groups in total. The lowest BCUT2D eigenvalue weighted by molar-refractivity contribution is -0.153. The minimum Gasteiger partial charge on any atom is -0.460 e. The van der Waals surface area contributed by atoms with Crippen LogP contribution in [0.5, 0.6) is 0 Å². The van der Waals surface area contributed by atoms with Crippen molar-refractivity contribution in [2.75, 3.05) is 0 Å². The van der Waals surface area contributed by atoms with E-state index in [4.69, 9.17) is 4.74 Å². The Labute approximate surface area is 143 Å². The molecule has 0 saturated heterocycles. The molecule has 0 aromatic carbocycles. The summed E-state index contributed by atoms with van der Waals surface area (Å²) >= 11 is 0. The van der Waals surface area contributed by atoms with Gasteiger partial charge >= 0.3 is 5.97 Å². The van der Waals surface area contributed by atoms with E-state index < -0.39 is 12.2 Å². The Morgan fingerprint density at radius 1 is 0.913 bits per heavy atom. The molecule has 0 rings (SSSR count). The maximum Gasteiger partial charge on any atom is 0.306 e. The summed E-state index contributed by atoms with van der Waals surface area (Å²) < 4.78 is 5.12. The topological polar surface area (TPSA) is 46.5 Å². The molecule has 23 heavy (non-hydrogen) atoms. The highest BCUT2D eigenvalue weighted by Gasteiger charge is 2.13. The van der Waals surface area contributed by atoms with E-state index in [0.717, 1.165) is 12.8 Å². The second kappa shape index (κ2) is 16.0. The molecular formula is C20H38O3. The summed E-state index contributed by atoms with van der Waals surface area (Å²) in [6.45, 7) is 5.60.